The van der Waals surface area contributed by atoms with E-state index in [-0.39, 0.29) is 12.3 Å². The van der Waals surface area contributed by atoms with E-state index in [9.17, 15) is 31.5 Å². The maximum absolute atomic E-state index is 14.0. The van der Waals surface area contributed by atoms with Crippen molar-refractivity contribution in [2.45, 2.75) is 80.1 Å². The molecule has 6 unspecified atom stereocenters. The van der Waals surface area contributed by atoms with Gasteiger partial charge in [-0.3, -0.25) is 4.79 Å². The molecule has 2 bridgehead atoms. The highest BCUT2D eigenvalue weighted by Gasteiger charge is 2.65. The fourth-order valence-corrected chi connectivity index (χ4v) is 12.2. The molecule has 0 saturated heterocycles. The number of rotatable bonds is 7. The number of sulfone groups is 2. The van der Waals surface area contributed by atoms with Crippen LogP contribution in [-0.2, 0) is 29.2 Å². The van der Waals surface area contributed by atoms with Crippen molar-refractivity contribution in [1.29, 1.82) is 0 Å². The van der Waals surface area contributed by atoms with Crippen LogP contribution in [0, 0.1) is 23.7 Å². The molecule has 3 aliphatic rings. The Kier molecular flexibility index (Phi) is 6.43. The Bertz CT molecular complexity index is 934. The minimum Gasteiger partial charge on any atom is -0.481 e. The molecule has 0 heterocycles. The Labute approximate surface area is 183 Å². The Morgan fingerprint density at radius 3 is 2.03 bits per heavy atom. The number of carboxylic acids is 1. The Hall–Kier alpha value is -1.36. The highest BCUT2D eigenvalue weighted by Crippen LogP contribution is 2.56. The van der Waals surface area contributed by atoms with Crippen LogP contribution in [0.2, 0.25) is 0 Å². The molecule has 178 valence electrons. The van der Waals surface area contributed by atoms with Gasteiger partial charge in [-0.2, -0.15) is 0 Å². The van der Waals surface area contributed by atoms with Gasteiger partial charge in [-0.1, -0.05) is 6.92 Å². The second-order valence-corrected chi connectivity index (χ2v) is 14.4. The lowest BCUT2D eigenvalue weighted by Crippen LogP contribution is -2.56. The first kappa shape index (κ1) is 24.3. The molecular weight excluding hydrogens is 448 g/mol. The normalized spacial score (nSPS) is 37.8. The maximum atomic E-state index is 14.0. The summed E-state index contributed by atoms with van der Waals surface area (Å²) in [6, 6.07) is 0. The summed E-state index contributed by atoms with van der Waals surface area (Å²) in [4.78, 5) is 22.4. The van der Waals surface area contributed by atoms with Crippen LogP contribution in [0.15, 0.2) is 0 Å². The maximum Gasteiger partial charge on any atom is 0.506 e. The molecule has 3 saturated carbocycles. The third-order valence-corrected chi connectivity index (χ3v) is 13.3. The van der Waals surface area contributed by atoms with Gasteiger partial charge in [-0.05, 0) is 69.6 Å². The van der Waals surface area contributed by atoms with Crippen LogP contribution in [0.3, 0.4) is 0 Å². The molecule has 3 fully saturated rings. The highest BCUT2D eigenvalue weighted by molar-refractivity contribution is 7.96. The summed E-state index contributed by atoms with van der Waals surface area (Å²) in [6.07, 6.45) is 1.81. The van der Waals surface area contributed by atoms with E-state index in [1.807, 2.05) is 0 Å². The molecule has 0 radical (unpaired) electrons. The largest absolute Gasteiger partial charge is 0.506 e. The number of carbonyl (C=O) groups is 2. The van der Waals surface area contributed by atoms with Crippen molar-refractivity contribution in [3.05, 3.63) is 0 Å². The molecule has 2 N–H and O–H groups in total. The molecule has 11 heteroatoms. The van der Waals surface area contributed by atoms with Crippen molar-refractivity contribution < 1.29 is 41.4 Å². The predicted octanol–water partition coefficient (Wildman–Crippen LogP) is 2.35. The van der Waals surface area contributed by atoms with E-state index < -0.39 is 70.9 Å². The molecule has 0 spiro atoms. The highest BCUT2D eigenvalue weighted by atomic mass is 32.2. The monoisotopic (exact) mass is 480 g/mol. The quantitative estimate of drug-likeness (QED) is 0.523. The predicted molar refractivity (Wildman–Crippen MR) is 112 cm³/mol. The van der Waals surface area contributed by atoms with Crippen molar-refractivity contribution in [3.8, 4) is 0 Å². The van der Waals surface area contributed by atoms with Crippen LogP contribution >= 0.6 is 0 Å². The van der Waals surface area contributed by atoms with Gasteiger partial charge in [0, 0.05) is 6.26 Å². The summed E-state index contributed by atoms with van der Waals surface area (Å²) < 4.78 is 57.0. The van der Waals surface area contributed by atoms with Crippen LogP contribution < -0.4 is 0 Å². The van der Waals surface area contributed by atoms with Gasteiger partial charge in [0.2, 0.25) is 0 Å². The van der Waals surface area contributed by atoms with Gasteiger partial charge in [0.25, 0.3) is 0 Å². The Morgan fingerprint density at radius 1 is 1.00 bits per heavy atom. The number of hydrogen-bond acceptors (Lipinski definition) is 7. The molecular formula is C20H32O9S2. The Morgan fingerprint density at radius 2 is 1.58 bits per heavy atom. The van der Waals surface area contributed by atoms with Crippen LogP contribution in [0.5, 0.6) is 0 Å². The number of aliphatic carboxylic acids is 1. The van der Waals surface area contributed by atoms with Crippen LogP contribution in [-0.4, -0.2) is 66.8 Å². The summed E-state index contributed by atoms with van der Waals surface area (Å²) in [5.74, 6) is -3.29. The van der Waals surface area contributed by atoms with Crippen molar-refractivity contribution in [1.82, 2.24) is 0 Å². The second-order valence-electron chi connectivity index (χ2n) is 9.67. The summed E-state index contributed by atoms with van der Waals surface area (Å²) in [5.41, 5.74) is 0. The third kappa shape index (κ3) is 4.07. The van der Waals surface area contributed by atoms with Gasteiger partial charge in [-0.25, -0.2) is 21.6 Å². The second kappa shape index (κ2) is 8.20. The summed E-state index contributed by atoms with van der Waals surface area (Å²) in [7, 11) is -7.71. The van der Waals surface area contributed by atoms with E-state index in [1.165, 1.54) is 0 Å². The van der Waals surface area contributed by atoms with Crippen LogP contribution in [0.25, 0.3) is 0 Å². The standard InChI is InChI=1S/C20H32O9S2/c1-4-20(2,12-5-7-13(8-6-12)29-19(23)24)31(27,28)16-11-9-14(15(10-11)18(21)22)17(16)30(3,25)26/h11-17H,4-10H2,1-3H3,(H,21,22)(H,23,24). The van der Waals surface area contributed by atoms with Gasteiger partial charge in [0.15, 0.2) is 19.7 Å². The lowest BCUT2D eigenvalue weighted by molar-refractivity contribution is -0.143. The third-order valence-electron chi connectivity index (χ3n) is 8.19. The molecule has 9 nitrogen and oxygen atoms in total. The average molecular weight is 481 g/mol. The van der Waals surface area contributed by atoms with Gasteiger partial charge < -0.3 is 14.9 Å². The average Bonchev–Trinajstić information content (AvgIpc) is 3.26. The summed E-state index contributed by atoms with van der Waals surface area (Å²) in [5, 5.41) is 16.0. The number of hydrogen-bond donors (Lipinski definition) is 2. The van der Waals surface area contributed by atoms with Crippen LogP contribution in [0.1, 0.15) is 58.8 Å². The SMILES string of the molecule is CCC(C)(C1CCC(OC(=O)O)CC1)S(=O)(=O)C1C2CC(C(=O)O)C(C2)C1S(C)(=O)=O. The molecule has 0 aromatic heterocycles. The van der Waals surface area contributed by atoms with Crippen molar-refractivity contribution >= 4 is 31.8 Å². The van der Waals surface area contributed by atoms with Gasteiger partial charge in [0.05, 0.1) is 21.2 Å². The van der Waals surface area contributed by atoms with E-state index in [0.717, 1.165) is 6.26 Å². The van der Waals surface area contributed by atoms with E-state index in [0.29, 0.717) is 38.5 Å². The zero-order chi connectivity index (χ0) is 23.4. The fraction of sp³-hybridized carbons (Fsp3) is 0.900. The lowest BCUT2D eigenvalue weighted by atomic mass is 9.78. The van der Waals surface area contributed by atoms with Gasteiger partial charge >= 0.3 is 12.1 Å². The molecule has 3 aliphatic carbocycles. The van der Waals surface area contributed by atoms with Crippen molar-refractivity contribution in [3.63, 3.8) is 0 Å². The minimum atomic E-state index is -3.93. The van der Waals surface area contributed by atoms with E-state index in [2.05, 4.69) is 0 Å². The smallest absolute Gasteiger partial charge is 0.481 e. The summed E-state index contributed by atoms with van der Waals surface area (Å²) in [6.45, 7) is 3.45. The molecule has 0 aliphatic heterocycles. The first-order chi connectivity index (χ1) is 14.2. The zero-order valence-corrected chi connectivity index (χ0v) is 19.7. The lowest BCUT2D eigenvalue weighted by Gasteiger charge is -2.44. The first-order valence-corrected chi connectivity index (χ1v) is 14.3. The van der Waals surface area contributed by atoms with Crippen molar-refractivity contribution in [2.24, 2.45) is 23.7 Å². The topological polar surface area (TPSA) is 152 Å². The van der Waals surface area contributed by atoms with Crippen molar-refractivity contribution in [2.75, 3.05) is 6.26 Å². The van der Waals surface area contributed by atoms with Gasteiger partial charge in [0.1, 0.15) is 6.10 Å². The number of carboxylic acid groups (broad SMARTS) is 2. The van der Waals surface area contributed by atoms with E-state index in [4.69, 9.17) is 9.84 Å². The molecule has 31 heavy (non-hydrogen) atoms. The molecule has 0 aromatic carbocycles. The summed E-state index contributed by atoms with van der Waals surface area (Å²) >= 11 is 0. The van der Waals surface area contributed by atoms with Gasteiger partial charge in [-0.15, -0.1) is 0 Å². The molecule has 6 atom stereocenters. The van der Waals surface area contributed by atoms with E-state index >= 15 is 0 Å². The van der Waals surface area contributed by atoms with Crippen LogP contribution in [0.4, 0.5) is 4.79 Å². The number of fused-ring (bicyclic) bond motifs is 2. The minimum absolute atomic E-state index is 0.189. The molecule has 3 rings (SSSR count). The molecule has 0 amide bonds. The first-order valence-electron chi connectivity index (χ1n) is 10.8. The Balaban J connectivity index is 1.91. The zero-order valence-electron chi connectivity index (χ0n) is 18.1. The van der Waals surface area contributed by atoms with E-state index in [1.54, 1.807) is 13.8 Å². The fourth-order valence-electron chi connectivity index (χ4n) is 6.50. The number of ether oxygens (including phenoxy) is 1. The molecule has 0 aromatic rings.